The standard InChI is InChI=1S/C25H22Cl2O3/c1-15(2)18-5-4-6-19(11-18)21-9-17(7-8-25(21)29)10-22-23(26)12-20(13-24(22)27)30-14-16(3)28/h4-9,11-13,29H,1,10,14H2,2-3H3. The predicted octanol–water partition coefficient (Wildman–Crippen LogP) is 6.96. The Morgan fingerprint density at radius 3 is 2.37 bits per heavy atom. The zero-order chi connectivity index (χ0) is 21.8. The second-order valence-corrected chi connectivity index (χ2v) is 8.06. The summed E-state index contributed by atoms with van der Waals surface area (Å²) in [6.45, 7) is 7.35. The number of phenols is 1. The van der Waals surface area contributed by atoms with E-state index in [0.717, 1.165) is 33.4 Å². The van der Waals surface area contributed by atoms with Crippen molar-refractivity contribution in [3.63, 3.8) is 0 Å². The molecule has 0 aliphatic carbocycles. The minimum atomic E-state index is -0.0846. The Kier molecular flexibility index (Phi) is 6.86. The fourth-order valence-electron chi connectivity index (χ4n) is 3.10. The second kappa shape index (κ2) is 9.38. The Balaban J connectivity index is 1.91. The summed E-state index contributed by atoms with van der Waals surface area (Å²) in [4.78, 5) is 11.1. The maximum Gasteiger partial charge on any atom is 0.167 e. The van der Waals surface area contributed by atoms with Gasteiger partial charge < -0.3 is 9.84 Å². The van der Waals surface area contributed by atoms with Crippen molar-refractivity contribution in [1.82, 2.24) is 0 Å². The molecule has 154 valence electrons. The highest BCUT2D eigenvalue weighted by atomic mass is 35.5. The number of aromatic hydroxyl groups is 1. The Morgan fingerprint density at radius 1 is 1.03 bits per heavy atom. The zero-order valence-electron chi connectivity index (χ0n) is 16.8. The fraction of sp³-hybridized carbons (Fsp3) is 0.160. The van der Waals surface area contributed by atoms with Crippen molar-refractivity contribution in [2.45, 2.75) is 20.3 Å². The average Bonchev–Trinajstić information content (AvgIpc) is 2.70. The molecular formula is C25H22Cl2O3. The summed E-state index contributed by atoms with van der Waals surface area (Å²) in [5, 5.41) is 11.3. The van der Waals surface area contributed by atoms with Gasteiger partial charge in [0, 0.05) is 22.0 Å². The topological polar surface area (TPSA) is 46.5 Å². The van der Waals surface area contributed by atoms with E-state index in [1.807, 2.05) is 43.3 Å². The van der Waals surface area contributed by atoms with E-state index in [0.29, 0.717) is 22.2 Å². The molecule has 0 amide bonds. The van der Waals surface area contributed by atoms with Gasteiger partial charge in [-0.1, -0.05) is 59.6 Å². The maximum absolute atomic E-state index is 11.1. The molecular weight excluding hydrogens is 419 g/mol. The summed E-state index contributed by atoms with van der Waals surface area (Å²) in [6.07, 6.45) is 0.484. The van der Waals surface area contributed by atoms with Gasteiger partial charge in [-0.15, -0.1) is 0 Å². The number of phenolic OH excluding ortho intramolecular Hbond substituents is 1. The van der Waals surface area contributed by atoms with E-state index in [9.17, 15) is 9.90 Å². The van der Waals surface area contributed by atoms with Crippen LogP contribution in [0.2, 0.25) is 10.0 Å². The molecule has 0 aliphatic rings. The fourth-order valence-corrected chi connectivity index (χ4v) is 3.70. The normalized spacial score (nSPS) is 10.7. The van der Waals surface area contributed by atoms with E-state index < -0.39 is 0 Å². The third-order valence-corrected chi connectivity index (χ3v) is 5.34. The molecule has 0 aromatic heterocycles. The lowest BCUT2D eigenvalue weighted by Gasteiger charge is -2.13. The highest BCUT2D eigenvalue weighted by Crippen LogP contribution is 2.35. The van der Waals surface area contributed by atoms with Crippen LogP contribution in [0.5, 0.6) is 11.5 Å². The largest absolute Gasteiger partial charge is 0.507 e. The molecule has 3 aromatic carbocycles. The third-order valence-electron chi connectivity index (χ3n) is 4.66. The highest BCUT2D eigenvalue weighted by Gasteiger charge is 2.13. The van der Waals surface area contributed by atoms with Crippen molar-refractivity contribution in [3.8, 4) is 22.6 Å². The third kappa shape index (κ3) is 5.24. The molecule has 3 nitrogen and oxygen atoms in total. The second-order valence-electron chi connectivity index (χ2n) is 7.25. The molecule has 3 aromatic rings. The molecule has 0 bridgehead atoms. The smallest absolute Gasteiger partial charge is 0.167 e. The molecule has 30 heavy (non-hydrogen) atoms. The van der Waals surface area contributed by atoms with Crippen molar-refractivity contribution >= 4 is 34.6 Å². The number of ether oxygens (including phenoxy) is 1. The SMILES string of the molecule is C=C(C)c1cccc(-c2cc(Cc3c(Cl)cc(OCC(C)=O)cc3Cl)ccc2O)c1. The van der Waals surface area contributed by atoms with Crippen LogP contribution in [-0.4, -0.2) is 17.5 Å². The van der Waals surface area contributed by atoms with Gasteiger partial charge in [-0.3, -0.25) is 4.79 Å². The lowest BCUT2D eigenvalue weighted by Crippen LogP contribution is -2.06. The van der Waals surface area contributed by atoms with Gasteiger partial charge in [0.25, 0.3) is 0 Å². The number of hydrogen-bond acceptors (Lipinski definition) is 3. The van der Waals surface area contributed by atoms with Crippen LogP contribution >= 0.6 is 23.2 Å². The van der Waals surface area contributed by atoms with Crippen LogP contribution in [0.25, 0.3) is 16.7 Å². The average molecular weight is 441 g/mol. The van der Waals surface area contributed by atoms with Crippen LogP contribution in [0.3, 0.4) is 0 Å². The molecule has 0 unspecified atom stereocenters. The van der Waals surface area contributed by atoms with Gasteiger partial charge in [-0.2, -0.15) is 0 Å². The molecule has 0 fully saturated rings. The van der Waals surface area contributed by atoms with Gasteiger partial charge in [0.2, 0.25) is 0 Å². The summed E-state index contributed by atoms with van der Waals surface area (Å²) in [7, 11) is 0. The van der Waals surface area contributed by atoms with Gasteiger partial charge in [0.15, 0.2) is 5.78 Å². The Bertz CT molecular complexity index is 1100. The van der Waals surface area contributed by atoms with Gasteiger partial charge in [0.1, 0.15) is 18.1 Å². The lowest BCUT2D eigenvalue weighted by molar-refractivity contribution is -0.118. The minimum Gasteiger partial charge on any atom is -0.507 e. The summed E-state index contributed by atoms with van der Waals surface area (Å²) < 4.78 is 5.40. The number of hydrogen-bond donors (Lipinski definition) is 1. The Labute approximate surface area is 186 Å². The number of allylic oxidation sites excluding steroid dienone is 1. The number of rotatable bonds is 7. The summed E-state index contributed by atoms with van der Waals surface area (Å²) in [6, 6.07) is 16.6. The summed E-state index contributed by atoms with van der Waals surface area (Å²) >= 11 is 12.9. The van der Waals surface area contributed by atoms with Crippen molar-refractivity contribution in [2.24, 2.45) is 0 Å². The predicted molar refractivity (Wildman–Crippen MR) is 124 cm³/mol. The maximum atomic E-state index is 11.1. The molecule has 0 atom stereocenters. The molecule has 0 heterocycles. The quantitative estimate of drug-likeness (QED) is 0.431. The molecule has 5 heteroatoms. The summed E-state index contributed by atoms with van der Waals surface area (Å²) in [5.41, 5.74) is 5.30. The van der Waals surface area contributed by atoms with Crippen LogP contribution < -0.4 is 4.74 Å². The number of benzene rings is 3. The molecule has 0 aliphatic heterocycles. The van der Waals surface area contributed by atoms with Crippen LogP contribution in [0, 0.1) is 0 Å². The van der Waals surface area contributed by atoms with Crippen molar-refractivity contribution in [2.75, 3.05) is 6.61 Å². The van der Waals surface area contributed by atoms with E-state index in [4.69, 9.17) is 27.9 Å². The number of Topliss-reactive ketones (excluding diaryl/α,β-unsaturated/α-hetero) is 1. The van der Waals surface area contributed by atoms with Gasteiger partial charge in [-0.05, 0) is 66.4 Å². The first kappa shape index (κ1) is 21.9. The van der Waals surface area contributed by atoms with Crippen LogP contribution in [0.4, 0.5) is 0 Å². The summed E-state index contributed by atoms with van der Waals surface area (Å²) in [5.74, 6) is 0.563. The van der Waals surface area contributed by atoms with Crippen LogP contribution in [-0.2, 0) is 11.2 Å². The molecule has 0 saturated carbocycles. The highest BCUT2D eigenvalue weighted by molar-refractivity contribution is 6.36. The molecule has 0 spiro atoms. The molecule has 1 N–H and O–H groups in total. The van der Waals surface area contributed by atoms with E-state index in [1.54, 1.807) is 18.2 Å². The molecule has 0 radical (unpaired) electrons. The van der Waals surface area contributed by atoms with Crippen LogP contribution in [0.1, 0.15) is 30.5 Å². The lowest BCUT2D eigenvalue weighted by atomic mass is 9.96. The number of ketones is 1. The first-order valence-corrected chi connectivity index (χ1v) is 10.2. The number of carbonyl (C=O) groups is 1. The van der Waals surface area contributed by atoms with Gasteiger partial charge >= 0.3 is 0 Å². The zero-order valence-corrected chi connectivity index (χ0v) is 18.3. The van der Waals surface area contributed by atoms with Gasteiger partial charge in [0.05, 0.1) is 0 Å². The van der Waals surface area contributed by atoms with E-state index in [-0.39, 0.29) is 18.1 Å². The minimum absolute atomic E-state index is 0.0312. The van der Waals surface area contributed by atoms with Crippen LogP contribution in [0.15, 0.2) is 61.2 Å². The van der Waals surface area contributed by atoms with Crippen molar-refractivity contribution < 1.29 is 14.6 Å². The molecule has 0 saturated heterocycles. The first-order chi connectivity index (χ1) is 14.2. The van der Waals surface area contributed by atoms with E-state index >= 15 is 0 Å². The Morgan fingerprint density at radius 2 is 1.73 bits per heavy atom. The van der Waals surface area contributed by atoms with E-state index in [1.165, 1.54) is 6.92 Å². The van der Waals surface area contributed by atoms with Crippen molar-refractivity contribution in [1.29, 1.82) is 0 Å². The number of halogens is 2. The number of carbonyl (C=O) groups excluding carboxylic acids is 1. The van der Waals surface area contributed by atoms with Crippen molar-refractivity contribution in [3.05, 3.63) is 87.9 Å². The van der Waals surface area contributed by atoms with Gasteiger partial charge in [-0.25, -0.2) is 0 Å². The monoisotopic (exact) mass is 440 g/mol. The first-order valence-electron chi connectivity index (χ1n) is 9.43. The molecule has 3 rings (SSSR count). The van der Waals surface area contributed by atoms with E-state index in [2.05, 4.69) is 6.58 Å². The Hall–Kier alpha value is -2.75.